The van der Waals surface area contributed by atoms with Gasteiger partial charge in [0.2, 0.25) is 0 Å². The number of Topliss-reactive ketones (excluding diaryl/α,β-unsaturated/α-hetero) is 1. The topological polar surface area (TPSA) is 85.0 Å². The first-order chi connectivity index (χ1) is 14.5. The van der Waals surface area contributed by atoms with Crippen molar-refractivity contribution in [3.8, 4) is 5.75 Å². The number of aliphatic imine (C=N–C) groups is 1. The summed E-state index contributed by atoms with van der Waals surface area (Å²) < 4.78 is 5.71. The second kappa shape index (κ2) is 8.23. The van der Waals surface area contributed by atoms with Gasteiger partial charge in [-0.2, -0.15) is 0 Å². The van der Waals surface area contributed by atoms with E-state index in [0.717, 1.165) is 5.56 Å². The number of allylic oxidation sites excluding steroid dienone is 1. The number of halogens is 1. The summed E-state index contributed by atoms with van der Waals surface area (Å²) in [6.45, 7) is 0. The van der Waals surface area contributed by atoms with Crippen LogP contribution in [0.5, 0.6) is 5.75 Å². The molecule has 2 atom stereocenters. The van der Waals surface area contributed by atoms with Gasteiger partial charge in [0.15, 0.2) is 5.78 Å². The second-order valence-corrected chi connectivity index (χ2v) is 7.79. The third kappa shape index (κ3) is 3.78. The summed E-state index contributed by atoms with van der Waals surface area (Å²) in [5.41, 5.74) is 1.45. The molecule has 0 N–H and O–H groups in total. The number of carbonyl (C=O) groups is 1. The molecule has 30 heavy (non-hydrogen) atoms. The van der Waals surface area contributed by atoms with E-state index in [4.69, 9.17) is 4.74 Å². The largest absolute Gasteiger partial charge is 0.497 e. The Balaban J connectivity index is 1.77. The number of ether oxygens (including phenoxy) is 1. The summed E-state index contributed by atoms with van der Waals surface area (Å²) in [7, 11) is 1.59. The van der Waals surface area contributed by atoms with E-state index in [2.05, 4.69) is 20.9 Å². The van der Waals surface area contributed by atoms with Crippen molar-refractivity contribution in [3.05, 3.63) is 98.3 Å². The monoisotopic (exact) mass is 467 g/mol. The van der Waals surface area contributed by atoms with Crippen molar-refractivity contribution in [1.82, 2.24) is 4.90 Å². The zero-order valence-corrected chi connectivity index (χ0v) is 17.7. The average molecular weight is 468 g/mol. The molecule has 0 aliphatic carbocycles. The SMILES string of the molecule is COc1ccc(C2CC(C(=O)c3ccccc3)N=C3C(Br)=CC([N+](=O)[O-])=CN32)cc1. The Morgan fingerprint density at radius 1 is 1.20 bits per heavy atom. The molecule has 2 unspecified atom stereocenters. The van der Waals surface area contributed by atoms with Gasteiger partial charge in [-0.05, 0) is 33.6 Å². The Bertz CT molecular complexity index is 1080. The summed E-state index contributed by atoms with van der Waals surface area (Å²) in [5.74, 6) is 1.13. The van der Waals surface area contributed by atoms with Crippen LogP contribution in [0.1, 0.15) is 28.4 Å². The minimum atomic E-state index is -0.600. The zero-order valence-electron chi connectivity index (χ0n) is 16.1. The maximum atomic E-state index is 13.1. The van der Waals surface area contributed by atoms with Crippen molar-refractivity contribution in [2.45, 2.75) is 18.5 Å². The third-order valence-corrected chi connectivity index (χ3v) is 5.72. The number of amidine groups is 1. The molecule has 0 bridgehead atoms. The van der Waals surface area contributed by atoms with Crippen LogP contribution in [0.3, 0.4) is 0 Å². The van der Waals surface area contributed by atoms with E-state index in [0.29, 0.717) is 28.1 Å². The van der Waals surface area contributed by atoms with E-state index < -0.39 is 11.0 Å². The Hall–Kier alpha value is -3.26. The van der Waals surface area contributed by atoms with E-state index in [-0.39, 0.29) is 17.5 Å². The molecule has 0 spiro atoms. The number of nitro groups is 1. The normalized spacial score (nSPS) is 20.5. The lowest BCUT2D eigenvalue weighted by Crippen LogP contribution is -2.42. The number of benzene rings is 2. The smallest absolute Gasteiger partial charge is 0.286 e. The predicted molar refractivity (Wildman–Crippen MR) is 116 cm³/mol. The highest BCUT2D eigenvalue weighted by molar-refractivity contribution is 9.12. The Morgan fingerprint density at radius 3 is 2.53 bits per heavy atom. The molecule has 0 fully saturated rings. The van der Waals surface area contributed by atoms with Crippen molar-refractivity contribution in [1.29, 1.82) is 0 Å². The first kappa shape index (κ1) is 20.0. The standard InChI is InChI=1S/C22H18BrN3O4/c1-30-17-9-7-14(8-10-17)20-12-19(21(27)15-5-3-2-4-6-15)24-22-18(23)11-16(26(28)29)13-25(20)22/h2-11,13,19-20H,12H2,1H3. The molecule has 2 aromatic rings. The van der Waals surface area contributed by atoms with Gasteiger partial charge in [-0.15, -0.1) is 0 Å². The fourth-order valence-electron chi connectivity index (χ4n) is 3.63. The minimum Gasteiger partial charge on any atom is -0.497 e. The highest BCUT2D eigenvalue weighted by Crippen LogP contribution is 2.38. The van der Waals surface area contributed by atoms with Crippen molar-refractivity contribution in [3.63, 3.8) is 0 Å². The van der Waals surface area contributed by atoms with Gasteiger partial charge in [-0.1, -0.05) is 42.5 Å². The van der Waals surface area contributed by atoms with Crippen LogP contribution in [0.15, 0.2) is 82.0 Å². The van der Waals surface area contributed by atoms with E-state index >= 15 is 0 Å². The van der Waals surface area contributed by atoms with Crippen molar-refractivity contribution in [2.24, 2.45) is 4.99 Å². The molecule has 7 nitrogen and oxygen atoms in total. The van der Waals surface area contributed by atoms with Gasteiger partial charge in [0.05, 0.1) is 28.8 Å². The molecule has 2 aliphatic heterocycles. The molecular formula is C22H18BrN3O4. The van der Waals surface area contributed by atoms with Gasteiger partial charge in [-0.3, -0.25) is 19.9 Å². The number of hydrogen-bond donors (Lipinski definition) is 0. The lowest BCUT2D eigenvalue weighted by molar-refractivity contribution is -0.420. The number of carbonyl (C=O) groups excluding carboxylic acids is 1. The molecule has 2 aliphatic rings. The number of ketones is 1. The molecule has 0 amide bonds. The van der Waals surface area contributed by atoms with Crippen molar-refractivity contribution < 1.29 is 14.5 Å². The van der Waals surface area contributed by atoms with Crippen LogP contribution in [0.2, 0.25) is 0 Å². The van der Waals surface area contributed by atoms with E-state index in [1.54, 1.807) is 24.1 Å². The van der Waals surface area contributed by atoms with Crippen LogP contribution >= 0.6 is 15.9 Å². The number of fused-ring (bicyclic) bond motifs is 1. The number of methoxy groups -OCH3 is 1. The fraction of sp³-hybridized carbons (Fsp3) is 0.182. The molecule has 8 heteroatoms. The molecule has 0 radical (unpaired) electrons. The van der Waals surface area contributed by atoms with Gasteiger partial charge in [0.25, 0.3) is 5.70 Å². The van der Waals surface area contributed by atoms with Crippen LogP contribution in [0, 0.1) is 10.1 Å². The number of hydrogen-bond acceptors (Lipinski definition) is 6. The Labute approximate surface area is 181 Å². The Morgan fingerprint density at radius 2 is 1.90 bits per heavy atom. The lowest BCUT2D eigenvalue weighted by atomic mass is 9.91. The molecule has 0 saturated carbocycles. The number of rotatable bonds is 5. The maximum Gasteiger partial charge on any atom is 0.286 e. The Kier molecular flexibility index (Phi) is 5.50. The van der Waals surface area contributed by atoms with Crippen molar-refractivity contribution in [2.75, 3.05) is 7.11 Å². The zero-order chi connectivity index (χ0) is 21.3. The number of nitrogens with zero attached hydrogens (tertiary/aromatic N) is 3. The fourth-order valence-corrected chi connectivity index (χ4v) is 4.17. The van der Waals surface area contributed by atoms with Crippen molar-refractivity contribution >= 4 is 27.5 Å². The van der Waals surface area contributed by atoms with E-state index in [1.807, 2.05) is 42.5 Å². The van der Waals surface area contributed by atoms with E-state index in [9.17, 15) is 14.9 Å². The maximum absolute atomic E-state index is 13.1. The van der Waals surface area contributed by atoms with Gasteiger partial charge in [0.1, 0.15) is 17.6 Å². The molecule has 152 valence electrons. The van der Waals surface area contributed by atoms with Gasteiger partial charge < -0.3 is 9.64 Å². The average Bonchev–Trinajstić information content (AvgIpc) is 2.78. The summed E-state index contributed by atoms with van der Waals surface area (Å²) in [5, 5.41) is 11.4. The van der Waals surface area contributed by atoms with Crippen LogP contribution in [0.25, 0.3) is 0 Å². The highest BCUT2D eigenvalue weighted by Gasteiger charge is 2.38. The van der Waals surface area contributed by atoms with Crippen LogP contribution in [-0.4, -0.2) is 34.6 Å². The molecule has 4 rings (SSSR count). The first-order valence-electron chi connectivity index (χ1n) is 9.31. The van der Waals surface area contributed by atoms with Gasteiger partial charge in [-0.25, -0.2) is 0 Å². The molecule has 0 aromatic heterocycles. The first-order valence-corrected chi connectivity index (χ1v) is 10.1. The summed E-state index contributed by atoms with van der Waals surface area (Å²) in [4.78, 5) is 30.5. The van der Waals surface area contributed by atoms with Crippen LogP contribution in [-0.2, 0) is 0 Å². The van der Waals surface area contributed by atoms with Gasteiger partial charge in [0, 0.05) is 18.1 Å². The minimum absolute atomic E-state index is 0.0489. The lowest BCUT2D eigenvalue weighted by Gasteiger charge is -2.38. The van der Waals surface area contributed by atoms with Gasteiger partial charge >= 0.3 is 0 Å². The molecular weight excluding hydrogens is 450 g/mol. The highest BCUT2D eigenvalue weighted by atomic mass is 79.9. The molecule has 2 aromatic carbocycles. The summed E-state index contributed by atoms with van der Waals surface area (Å²) in [6.07, 6.45) is 3.28. The second-order valence-electron chi connectivity index (χ2n) is 6.93. The quantitative estimate of drug-likeness (QED) is 0.367. The van der Waals surface area contributed by atoms with Crippen LogP contribution in [0.4, 0.5) is 0 Å². The predicted octanol–water partition coefficient (Wildman–Crippen LogP) is 4.50. The molecule has 0 saturated heterocycles. The van der Waals surface area contributed by atoms with E-state index in [1.165, 1.54) is 12.3 Å². The molecule has 2 heterocycles. The summed E-state index contributed by atoms with van der Waals surface area (Å²) >= 11 is 3.41. The summed E-state index contributed by atoms with van der Waals surface area (Å²) in [6, 6.07) is 15.6. The van der Waals surface area contributed by atoms with Crippen LogP contribution < -0.4 is 4.74 Å². The third-order valence-electron chi connectivity index (χ3n) is 5.14.